The van der Waals surface area contributed by atoms with E-state index >= 15 is 0 Å². The Hall–Kier alpha value is -2.93. The summed E-state index contributed by atoms with van der Waals surface area (Å²) in [6.07, 6.45) is 1.65. The maximum absolute atomic E-state index is 12.2. The first-order valence-corrected chi connectivity index (χ1v) is 8.03. The summed E-state index contributed by atoms with van der Waals surface area (Å²) in [6, 6.07) is 10.7. The van der Waals surface area contributed by atoms with Crippen LogP contribution in [0.2, 0.25) is 0 Å². The second-order valence-electron chi connectivity index (χ2n) is 5.10. The van der Waals surface area contributed by atoms with Crippen molar-refractivity contribution in [1.82, 2.24) is 9.88 Å². The number of carbonyl (C=O) groups is 3. The second kappa shape index (κ2) is 6.67. The molecule has 1 N–H and O–H groups in total. The number of nitrogens with one attached hydrogen (secondary N) is 1. The summed E-state index contributed by atoms with van der Waals surface area (Å²) in [5.74, 6) is -1.77. The summed E-state index contributed by atoms with van der Waals surface area (Å²) in [5.41, 5.74) is 1.27. The Bertz CT molecular complexity index is 912. The molecule has 2 heterocycles. The number of rotatable bonds is 4. The standard InChI is InChI=1S/C17H14N2O4S/c1-19-9-12(11-5-2-3-6-13(11)19)17(22)23-10-15(20)18-16(21)14-7-4-8-24-14/h2-9H,10H2,1H3,(H,18,20,21). The van der Waals surface area contributed by atoms with Crippen LogP contribution in [0.25, 0.3) is 10.9 Å². The van der Waals surface area contributed by atoms with E-state index in [-0.39, 0.29) is 0 Å². The van der Waals surface area contributed by atoms with Gasteiger partial charge in [-0.1, -0.05) is 24.3 Å². The molecule has 0 aliphatic carbocycles. The van der Waals surface area contributed by atoms with Gasteiger partial charge in [0.15, 0.2) is 6.61 Å². The van der Waals surface area contributed by atoms with Crippen LogP contribution in [-0.4, -0.2) is 29.0 Å². The number of amides is 2. The molecule has 2 amide bonds. The van der Waals surface area contributed by atoms with Gasteiger partial charge in [0.2, 0.25) is 0 Å². The lowest BCUT2D eigenvalue weighted by molar-refractivity contribution is -0.123. The average Bonchev–Trinajstić information content (AvgIpc) is 3.22. The molecule has 0 bridgehead atoms. The number of hydrogen-bond acceptors (Lipinski definition) is 5. The molecule has 0 saturated carbocycles. The first kappa shape index (κ1) is 15.9. The first-order valence-electron chi connectivity index (χ1n) is 7.15. The van der Waals surface area contributed by atoms with Crippen LogP contribution in [0.15, 0.2) is 48.0 Å². The highest BCUT2D eigenvalue weighted by atomic mass is 32.1. The minimum absolute atomic E-state index is 0.380. The monoisotopic (exact) mass is 342 g/mol. The fourth-order valence-electron chi connectivity index (χ4n) is 2.35. The van der Waals surface area contributed by atoms with E-state index in [0.717, 1.165) is 10.9 Å². The van der Waals surface area contributed by atoms with Gasteiger partial charge in [-0.05, 0) is 17.5 Å². The van der Waals surface area contributed by atoms with E-state index in [9.17, 15) is 14.4 Å². The third-order valence-electron chi connectivity index (χ3n) is 3.45. The van der Waals surface area contributed by atoms with Gasteiger partial charge in [0, 0.05) is 24.1 Å². The van der Waals surface area contributed by atoms with E-state index in [0.29, 0.717) is 10.4 Å². The molecule has 0 spiro atoms. The van der Waals surface area contributed by atoms with Gasteiger partial charge < -0.3 is 9.30 Å². The third kappa shape index (κ3) is 3.21. The minimum Gasteiger partial charge on any atom is -0.452 e. The molecule has 0 fully saturated rings. The lowest BCUT2D eigenvalue weighted by atomic mass is 10.2. The fraction of sp³-hybridized carbons (Fsp3) is 0.118. The van der Waals surface area contributed by atoms with E-state index in [1.54, 1.807) is 23.7 Å². The molecule has 6 nitrogen and oxygen atoms in total. The molecule has 0 saturated heterocycles. The zero-order chi connectivity index (χ0) is 17.1. The topological polar surface area (TPSA) is 77.4 Å². The van der Waals surface area contributed by atoms with Crippen LogP contribution in [0.3, 0.4) is 0 Å². The predicted octanol–water partition coefficient (Wildman–Crippen LogP) is 2.35. The summed E-state index contributed by atoms with van der Waals surface area (Å²) in [6.45, 7) is -0.515. The number of para-hydroxylation sites is 1. The van der Waals surface area contributed by atoms with Gasteiger partial charge in [-0.15, -0.1) is 11.3 Å². The molecule has 3 aromatic rings. The van der Waals surface area contributed by atoms with Crippen LogP contribution in [0.5, 0.6) is 0 Å². The van der Waals surface area contributed by atoms with Crippen molar-refractivity contribution in [2.45, 2.75) is 0 Å². The van der Waals surface area contributed by atoms with Crippen molar-refractivity contribution >= 4 is 40.0 Å². The number of nitrogens with zero attached hydrogens (tertiary/aromatic N) is 1. The molecule has 122 valence electrons. The van der Waals surface area contributed by atoms with Crippen molar-refractivity contribution in [2.24, 2.45) is 7.05 Å². The van der Waals surface area contributed by atoms with Crippen molar-refractivity contribution < 1.29 is 19.1 Å². The van der Waals surface area contributed by atoms with Gasteiger partial charge in [-0.2, -0.15) is 0 Å². The van der Waals surface area contributed by atoms with Gasteiger partial charge in [-0.25, -0.2) is 4.79 Å². The average molecular weight is 342 g/mol. The van der Waals surface area contributed by atoms with Gasteiger partial charge in [0.05, 0.1) is 10.4 Å². The number of ether oxygens (including phenoxy) is 1. The lowest BCUT2D eigenvalue weighted by Crippen LogP contribution is -2.33. The van der Waals surface area contributed by atoms with Crippen molar-refractivity contribution in [1.29, 1.82) is 0 Å². The number of esters is 1. The predicted molar refractivity (Wildman–Crippen MR) is 90.0 cm³/mol. The van der Waals surface area contributed by atoms with E-state index in [1.165, 1.54) is 11.3 Å². The molecule has 2 aromatic heterocycles. The maximum atomic E-state index is 12.2. The van der Waals surface area contributed by atoms with Crippen LogP contribution in [-0.2, 0) is 16.6 Å². The second-order valence-corrected chi connectivity index (χ2v) is 6.05. The molecular formula is C17H14N2O4S. The summed E-state index contributed by atoms with van der Waals surface area (Å²) >= 11 is 1.22. The van der Waals surface area contributed by atoms with E-state index < -0.39 is 24.4 Å². The molecule has 0 aliphatic rings. The summed E-state index contributed by atoms with van der Waals surface area (Å²) in [5, 5.41) is 4.67. The molecule has 24 heavy (non-hydrogen) atoms. The summed E-state index contributed by atoms with van der Waals surface area (Å²) in [4.78, 5) is 36.1. The Morgan fingerprint density at radius 3 is 2.71 bits per heavy atom. The molecule has 1 aromatic carbocycles. The SMILES string of the molecule is Cn1cc(C(=O)OCC(=O)NC(=O)c2cccs2)c2ccccc21. The van der Waals surface area contributed by atoms with Crippen molar-refractivity contribution in [3.8, 4) is 0 Å². The summed E-state index contributed by atoms with van der Waals surface area (Å²) < 4.78 is 6.83. The smallest absolute Gasteiger partial charge is 0.340 e. The Balaban J connectivity index is 1.62. The van der Waals surface area contributed by atoms with Crippen molar-refractivity contribution in [3.05, 3.63) is 58.4 Å². The summed E-state index contributed by atoms with van der Waals surface area (Å²) in [7, 11) is 1.82. The molecule has 0 atom stereocenters. The quantitative estimate of drug-likeness (QED) is 0.738. The van der Waals surface area contributed by atoms with E-state index in [1.807, 2.05) is 35.9 Å². The Morgan fingerprint density at radius 2 is 1.96 bits per heavy atom. The van der Waals surface area contributed by atoms with Crippen LogP contribution >= 0.6 is 11.3 Å². The van der Waals surface area contributed by atoms with Gasteiger partial charge in [0.1, 0.15) is 0 Å². The largest absolute Gasteiger partial charge is 0.452 e. The minimum atomic E-state index is -0.665. The first-order chi connectivity index (χ1) is 11.6. The van der Waals surface area contributed by atoms with Crippen LogP contribution in [0.4, 0.5) is 0 Å². The number of thiophene rings is 1. The maximum Gasteiger partial charge on any atom is 0.340 e. The van der Waals surface area contributed by atoms with Gasteiger partial charge in [-0.3, -0.25) is 14.9 Å². The fourth-order valence-corrected chi connectivity index (χ4v) is 2.96. The molecule has 0 unspecified atom stereocenters. The van der Waals surface area contributed by atoms with E-state index in [2.05, 4.69) is 5.32 Å². The number of hydrogen-bond donors (Lipinski definition) is 1. The number of benzene rings is 1. The highest BCUT2D eigenvalue weighted by Crippen LogP contribution is 2.20. The zero-order valence-electron chi connectivity index (χ0n) is 12.8. The zero-order valence-corrected chi connectivity index (χ0v) is 13.6. The lowest BCUT2D eigenvalue weighted by Gasteiger charge is -2.04. The number of aryl methyl sites for hydroxylation is 1. The molecule has 7 heteroatoms. The van der Waals surface area contributed by atoms with Gasteiger partial charge in [0.25, 0.3) is 11.8 Å². The van der Waals surface area contributed by atoms with Gasteiger partial charge >= 0.3 is 5.97 Å². The van der Waals surface area contributed by atoms with E-state index in [4.69, 9.17) is 4.74 Å². The normalized spacial score (nSPS) is 10.5. The van der Waals surface area contributed by atoms with Crippen molar-refractivity contribution in [2.75, 3.05) is 6.61 Å². The number of imide groups is 1. The molecule has 0 aliphatic heterocycles. The molecular weight excluding hydrogens is 328 g/mol. The van der Waals surface area contributed by atoms with Crippen LogP contribution < -0.4 is 5.32 Å². The number of aromatic nitrogens is 1. The number of carbonyl (C=O) groups excluding carboxylic acids is 3. The number of fused-ring (bicyclic) bond motifs is 1. The Morgan fingerprint density at radius 1 is 1.17 bits per heavy atom. The van der Waals surface area contributed by atoms with Crippen LogP contribution in [0.1, 0.15) is 20.0 Å². The molecule has 0 radical (unpaired) electrons. The third-order valence-corrected chi connectivity index (χ3v) is 4.32. The highest BCUT2D eigenvalue weighted by Gasteiger charge is 2.17. The Labute approximate surface area is 141 Å². The Kier molecular flexibility index (Phi) is 4.43. The highest BCUT2D eigenvalue weighted by molar-refractivity contribution is 7.12. The van der Waals surface area contributed by atoms with Crippen LogP contribution in [0, 0.1) is 0 Å². The van der Waals surface area contributed by atoms with Crippen molar-refractivity contribution in [3.63, 3.8) is 0 Å². The molecule has 3 rings (SSSR count).